The minimum Gasteiger partial charge on any atom is -0.336 e. The molecule has 1 amide bonds. The molecule has 98 valence electrons. The second kappa shape index (κ2) is 5.90. The fraction of sp³-hybridized carbons (Fsp3) is 0.500. The lowest BCUT2D eigenvalue weighted by atomic mass is 9.94. The van der Waals surface area contributed by atoms with Crippen molar-refractivity contribution in [3.05, 3.63) is 31.8 Å². The molecule has 0 N–H and O–H groups in total. The Kier molecular flexibility index (Phi) is 4.69. The molecule has 0 aromatic heterocycles. The highest BCUT2D eigenvalue weighted by Crippen LogP contribution is 2.26. The average Bonchev–Trinajstić information content (AvgIpc) is 2.34. The summed E-state index contributed by atoms with van der Waals surface area (Å²) in [4.78, 5) is 14.6. The summed E-state index contributed by atoms with van der Waals surface area (Å²) in [5.41, 5.74) is 0.780. The number of hydrogen-bond acceptors (Lipinski definition) is 1. The first-order valence-corrected chi connectivity index (χ1v) is 8.12. The van der Waals surface area contributed by atoms with E-state index in [0.29, 0.717) is 12.0 Å². The number of benzene rings is 1. The third-order valence-corrected chi connectivity index (χ3v) is 4.90. The molecule has 2 unspecified atom stereocenters. The Balaban J connectivity index is 2.27. The number of carbonyl (C=O) groups is 1. The van der Waals surface area contributed by atoms with Gasteiger partial charge in [-0.05, 0) is 82.4 Å². The molecule has 2 nitrogen and oxygen atoms in total. The van der Waals surface area contributed by atoms with Crippen LogP contribution in [0.25, 0.3) is 0 Å². The average molecular weight is 422 g/mol. The van der Waals surface area contributed by atoms with Crippen molar-refractivity contribution in [3.8, 4) is 0 Å². The smallest absolute Gasteiger partial charge is 0.255 e. The number of rotatable bonds is 1. The molecule has 18 heavy (non-hydrogen) atoms. The van der Waals surface area contributed by atoms with Gasteiger partial charge in [-0.2, -0.15) is 0 Å². The molecule has 2 atom stereocenters. The summed E-state index contributed by atoms with van der Waals surface area (Å²) in [5.74, 6) is 0.756. The summed E-state index contributed by atoms with van der Waals surface area (Å²) in [6.07, 6.45) is 2.33. The summed E-state index contributed by atoms with van der Waals surface area (Å²) in [7, 11) is 0. The Labute approximate surface area is 130 Å². The molecular weight excluding hydrogens is 405 g/mol. The second-order valence-electron chi connectivity index (χ2n) is 5.11. The molecule has 1 aromatic rings. The predicted octanol–water partition coefficient (Wildman–Crippen LogP) is 4.31. The molecule has 0 radical (unpaired) electrons. The van der Waals surface area contributed by atoms with E-state index in [9.17, 15) is 4.79 Å². The number of likely N-dealkylation sites (tertiary alicyclic amines) is 1. The Morgan fingerprint density at radius 1 is 1.39 bits per heavy atom. The van der Waals surface area contributed by atoms with Crippen LogP contribution >= 0.6 is 38.5 Å². The third kappa shape index (κ3) is 3.07. The highest BCUT2D eigenvalue weighted by atomic mass is 127. The van der Waals surface area contributed by atoms with Crippen molar-refractivity contribution < 1.29 is 4.79 Å². The van der Waals surface area contributed by atoms with Crippen molar-refractivity contribution in [2.24, 2.45) is 5.92 Å². The molecule has 1 fully saturated rings. The SMILES string of the molecule is CC1CCC(C)N(C(=O)c2cc(I)ccc2Br)C1. The molecule has 1 heterocycles. The first-order valence-electron chi connectivity index (χ1n) is 6.25. The van der Waals surface area contributed by atoms with Gasteiger partial charge in [-0.1, -0.05) is 6.92 Å². The monoisotopic (exact) mass is 421 g/mol. The van der Waals surface area contributed by atoms with Crippen LogP contribution in [-0.4, -0.2) is 23.4 Å². The van der Waals surface area contributed by atoms with E-state index in [-0.39, 0.29) is 5.91 Å². The molecule has 1 saturated heterocycles. The molecule has 1 aliphatic heterocycles. The van der Waals surface area contributed by atoms with Crippen LogP contribution in [-0.2, 0) is 0 Å². The second-order valence-corrected chi connectivity index (χ2v) is 7.21. The Hall–Kier alpha value is -0.100. The van der Waals surface area contributed by atoms with Crippen molar-refractivity contribution >= 4 is 44.4 Å². The highest BCUT2D eigenvalue weighted by molar-refractivity contribution is 14.1. The maximum absolute atomic E-state index is 12.6. The maximum atomic E-state index is 12.6. The number of halogens is 2. The largest absolute Gasteiger partial charge is 0.336 e. The summed E-state index contributed by atoms with van der Waals surface area (Å²) in [6.45, 7) is 5.24. The van der Waals surface area contributed by atoms with Gasteiger partial charge in [0.25, 0.3) is 5.91 Å². The topological polar surface area (TPSA) is 20.3 Å². The minimum atomic E-state index is 0.152. The zero-order valence-electron chi connectivity index (χ0n) is 10.6. The van der Waals surface area contributed by atoms with E-state index in [4.69, 9.17) is 0 Å². The summed E-state index contributed by atoms with van der Waals surface area (Å²) in [6, 6.07) is 6.26. The van der Waals surface area contributed by atoms with E-state index in [0.717, 1.165) is 26.6 Å². The Morgan fingerprint density at radius 2 is 2.11 bits per heavy atom. The van der Waals surface area contributed by atoms with Crippen LogP contribution in [0, 0.1) is 9.49 Å². The van der Waals surface area contributed by atoms with Gasteiger partial charge >= 0.3 is 0 Å². The number of piperidine rings is 1. The van der Waals surface area contributed by atoms with Crippen LogP contribution < -0.4 is 0 Å². The van der Waals surface area contributed by atoms with Crippen LogP contribution in [0.2, 0.25) is 0 Å². The van der Waals surface area contributed by atoms with E-state index in [2.05, 4.69) is 52.4 Å². The number of amides is 1. The van der Waals surface area contributed by atoms with Crippen molar-refractivity contribution in [1.29, 1.82) is 0 Å². The lowest BCUT2D eigenvalue weighted by Crippen LogP contribution is -2.45. The molecule has 4 heteroatoms. The molecule has 0 bridgehead atoms. The molecule has 2 rings (SSSR count). The van der Waals surface area contributed by atoms with E-state index in [1.807, 2.05) is 23.1 Å². The fourth-order valence-electron chi connectivity index (χ4n) is 2.39. The standard InChI is InChI=1S/C14H17BrINO/c1-9-3-4-10(2)17(8-9)14(18)12-7-11(16)5-6-13(12)15/h5-7,9-10H,3-4,8H2,1-2H3. The number of hydrogen-bond donors (Lipinski definition) is 0. The van der Waals surface area contributed by atoms with Gasteiger partial charge < -0.3 is 4.90 Å². The Bertz CT molecular complexity index is 463. The zero-order chi connectivity index (χ0) is 13.3. The molecule has 0 spiro atoms. The minimum absolute atomic E-state index is 0.152. The predicted molar refractivity (Wildman–Crippen MR) is 85.8 cm³/mol. The summed E-state index contributed by atoms with van der Waals surface area (Å²) >= 11 is 5.73. The van der Waals surface area contributed by atoms with E-state index >= 15 is 0 Å². The summed E-state index contributed by atoms with van der Waals surface area (Å²) in [5, 5.41) is 0. The van der Waals surface area contributed by atoms with E-state index < -0.39 is 0 Å². The maximum Gasteiger partial charge on any atom is 0.255 e. The first-order chi connectivity index (χ1) is 8.49. The van der Waals surface area contributed by atoms with Crippen molar-refractivity contribution in [2.75, 3.05) is 6.54 Å². The van der Waals surface area contributed by atoms with E-state index in [1.165, 1.54) is 6.42 Å². The summed E-state index contributed by atoms with van der Waals surface area (Å²) < 4.78 is 1.98. The van der Waals surface area contributed by atoms with Crippen LogP contribution in [0.3, 0.4) is 0 Å². The molecular formula is C14H17BrINO. The van der Waals surface area contributed by atoms with Crippen LogP contribution in [0.4, 0.5) is 0 Å². The lowest BCUT2D eigenvalue weighted by molar-refractivity contribution is 0.0573. The normalized spacial score (nSPS) is 24.1. The first kappa shape index (κ1) is 14.3. The van der Waals surface area contributed by atoms with Gasteiger partial charge in [0.05, 0.1) is 5.56 Å². The Morgan fingerprint density at radius 3 is 2.83 bits per heavy atom. The molecule has 1 aromatic carbocycles. The van der Waals surface area contributed by atoms with Gasteiger partial charge in [0, 0.05) is 20.6 Å². The number of nitrogens with zero attached hydrogens (tertiary/aromatic N) is 1. The number of carbonyl (C=O) groups excluding carboxylic acids is 1. The van der Waals surface area contributed by atoms with Crippen molar-refractivity contribution in [2.45, 2.75) is 32.7 Å². The lowest BCUT2D eigenvalue weighted by Gasteiger charge is -2.37. The van der Waals surface area contributed by atoms with Gasteiger partial charge in [-0.25, -0.2) is 0 Å². The quantitative estimate of drug-likeness (QED) is 0.618. The van der Waals surface area contributed by atoms with Crippen LogP contribution in [0.5, 0.6) is 0 Å². The van der Waals surface area contributed by atoms with Gasteiger partial charge in [-0.3, -0.25) is 4.79 Å². The zero-order valence-corrected chi connectivity index (χ0v) is 14.4. The van der Waals surface area contributed by atoms with Gasteiger partial charge in [-0.15, -0.1) is 0 Å². The van der Waals surface area contributed by atoms with Crippen molar-refractivity contribution in [3.63, 3.8) is 0 Å². The fourth-order valence-corrected chi connectivity index (χ4v) is 3.30. The third-order valence-electron chi connectivity index (χ3n) is 3.54. The van der Waals surface area contributed by atoms with Crippen LogP contribution in [0.1, 0.15) is 37.0 Å². The molecule has 1 aliphatic rings. The molecule has 0 saturated carbocycles. The van der Waals surface area contributed by atoms with Gasteiger partial charge in [0.2, 0.25) is 0 Å². The van der Waals surface area contributed by atoms with E-state index in [1.54, 1.807) is 0 Å². The van der Waals surface area contributed by atoms with Gasteiger partial charge in [0.1, 0.15) is 0 Å². The highest BCUT2D eigenvalue weighted by Gasteiger charge is 2.28. The van der Waals surface area contributed by atoms with Gasteiger partial charge in [0.15, 0.2) is 0 Å². The molecule has 0 aliphatic carbocycles. The van der Waals surface area contributed by atoms with Crippen molar-refractivity contribution in [1.82, 2.24) is 4.90 Å². The van der Waals surface area contributed by atoms with Crippen LogP contribution in [0.15, 0.2) is 22.7 Å².